The molecule has 2 saturated heterocycles. The summed E-state index contributed by atoms with van der Waals surface area (Å²) in [6.07, 6.45) is 21.9. The van der Waals surface area contributed by atoms with Gasteiger partial charge in [0.1, 0.15) is 0 Å². The predicted octanol–water partition coefficient (Wildman–Crippen LogP) is 0.912. The van der Waals surface area contributed by atoms with E-state index in [1.165, 1.54) is 111 Å². The molecule has 4 aromatic rings. The number of rotatable bonds is 9. The summed E-state index contributed by atoms with van der Waals surface area (Å²) in [6.45, 7) is 6.62. The number of benzene rings is 2. The number of hydrogen-bond acceptors (Lipinski definition) is 2. The lowest BCUT2D eigenvalue weighted by atomic mass is 10.0. The van der Waals surface area contributed by atoms with E-state index in [-0.39, 0.29) is 34.0 Å². The molecule has 44 heavy (non-hydrogen) atoms. The first-order valence-electron chi connectivity index (χ1n) is 16.4. The average Bonchev–Trinajstić information content (AvgIpc) is 3.49. The lowest BCUT2D eigenvalue weighted by molar-refractivity contribution is -0.688. The average molecular weight is 721 g/mol. The Morgan fingerprint density at radius 3 is 1.00 bits per heavy atom. The van der Waals surface area contributed by atoms with E-state index in [2.05, 4.69) is 117 Å². The zero-order valence-corrected chi connectivity index (χ0v) is 29.3. The van der Waals surface area contributed by atoms with Crippen molar-refractivity contribution >= 4 is 11.4 Å². The van der Waals surface area contributed by atoms with E-state index in [0.29, 0.717) is 0 Å². The van der Waals surface area contributed by atoms with Gasteiger partial charge in [0.15, 0.2) is 37.9 Å². The Morgan fingerprint density at radius 2 is 0.682 bits per heavy atom. The number of anilines is 2. The quantitative estimate of drug-likeness (QED) is 0.239. The van der Waals surface area contributed by atoms with Crippen LogP contribution in [0, 0.1) is 0 Å². The second-order valence-corrected chi connectivity index (χ2v) is 12.4. The molecule has 0 N–H and O–H groups in total. The van der Waals surface area contributed by atoms with Crippen LogP contribution in [0.1, 0.15) is 73.6 Å². The van der Waals surface area contributed by atoms with Gasteiger partial charge in [-0.25, -0.2) is 9.13 Å². The SMILES string of the molecule is [Br-].[Br-].c1cc(C[n+]2ccc(N3CCCCCC3)cc2)ccc1CCc1ccc(C[n+]2ccc(N3CCCCCC3)cc2)cc1. The highest BCUT2D eigenvalue weighted by molar-refractivity contribution is 5.44. The van der Waals surface area contributed by atoms with Crippen LogP contribution in [-0.4, -0.2) is 26.2 Å². The van der Waals surface area contributed by atoms with Gasteiger partial charge in [-0.2, -0.15) is 0 Å². The number of hydrogen-bond donors (Lipinski definition) is 0. The summed E-state index contributed by atoms with van der Waals surface area (Å²) in [7, 11) is 0. The van der Waals surface area contributed by atoms with Gasteiger partial charge in [-0.1, -0.05) is 74.2 Å². The molecule has 0 aliphatic carbocycles. The van der Waals surface area contributed by atoms with Crippen LogP contribution in [-0.2, 0) is 25.9 Å². The molecule has 6 heteroatoms. The molecule has 2 fully saturated rings. The van der Waals surface area contributed by atoms with Crippen LogP contribution >= 0.6 is 0 Å². The van der Waals surface area contributed by atoms with Gasteiger partial charge in [0.2, 0.25) is 0 Å². The van der Waals surface area contributed by atoms with E-state index in [1.807, 2.05) is 0 Å². The molecule has 2 aromatic heterocycles. The molecular formula is C38H48Br2N4. The second-order valence-electron chi connectivity index (χ2n) is 12.4. The predicted molar refractivity (Wildman–Crippen MR) is 173 cm³/mol. The van der Waals surface area contributed by atoms with Gasteiger partial charge < -0.3 is 43.8 Å². The third-order valence-electron chi connectivity index (χ3n) is 9.17. The Balaban J connectivity index is 0.00000221. The van der Waals surface area contributed by atoms with Gasteiger partial charge in [0.05, 0.1) is 0 Å². The lowest BCUT2D eigenvalue weighted by Crippen LogP contribution is -3.00. The molecule has 0 radical (unpaired) electrons. The molecule has 0 saturated carbocycles. The summed E-state index contributed by atoms with van der Waals surface area (Å²) in [5, 5.41) is 0. The first-order chi connectivity index (χ1) is 20.8. The van der Waals surface area contributed by atoms with Gasteiger partial charge >= 0.3 is 0 Å². The van der Waals surface area contributed by atoms with Crippen LogP contribution in [0.3, 0.4) is 0 Å². The van der Waals surface area contributed by atoms with Crippen molar-refractivity contribution in [3.63, 3.8) is 0 Å². The van der Waals surface area contributed by atoms with Crippen LogP contribution in [0.2, 0.25) is 0 Å². The van der Waals surface area contributed by atoms with Crippen LogP contribution in [0.5, 0.6) is 0 Å². The minimum absolute atomic E-state index is 0. The summed E-state index contributed by atoms with van der Waals surface area (Å²) < 4.78 is 4.58. The Morgan fingerprint density at radius 1 is 0.386 bits per heavy atom. The van der Waals surface area contributed by atoms with E-state index in [1.54, 1.807) is 0 Å². The van der Waals surface area contributed by atoms with Crippen molar-refractivity contribution in [3.05, 3.63) is 120 Å². The maximum Gasteiger partial charge on any atom is 0.173 e. The third-order valence-corrected chi connectivity index (χ3v) is 9.17. The molecule has 2 aliphatic heterocycles. The minimum atomic E-state index is 0. The summed E-state index contributed by atoms with van der Waals surface area (Å²) in [4.78, 5) is 5.10. The number of halogens is 2. The van der Waals surface area contributed by atoms with Crippen molar-refractivity contribution in [1.82, 2.24) is 0 Å². The van der Waals surface area contributed by atoms with Crippen LogP contribution in [0.25, 0.3) is 0 Å². The molecule has 234 valence electrons. The van der Waals surface area contributed by atoms with Gasteiger partial charge in [-0.15, -0.1) is 0 Å². The van der Waals surface area contributed by atoms with Crippen LogP contribution < -0.4 is 52.9 Å². The summed E-state index contributed by atoms with van der Waals surface area (Å²) in [5.41, 5.74) is 8.26. The fourth-order valence-electron chi connectivity index (χ4n) is 6.52. The topological polar surface area (TPSA) is 14.2 Å². The number of nitrogens with zero attached hydrogens (tertiary/aromatic N) is 4. The monoisotopic (exact) mass is 718 g/mol. The molecule has 6 rings (SSSR count). The van der Waals surface area contributed by atoms with E-state index in [9.17, 15) is 0 Å². The fourth-order valence-corrected chi connectivity index (χ4v) is 6.52. The molecule has 0 spiro atoms. The molecule has 0 amide bonds. The van der Waals surface area contributed by atoms with Gasteiger partial charge in [0.25, 0.3) is 0 Å². The third kappa shape index (κ3) is 9.90. The van der Waals surface area contributed by atoms with E-state index in [4.69, 9.17) is 0 Å². The first kappa shape index (κ1) is 34.2. The van der Waals surface area contributed by atoms with Crippen molar-refractivity contribution in [1.29, 1.82) is 0 Å². The van der Waals surface area contributed by atoms with Gasteiger partial charge in [-0.05, 0) is 49.7 Å². The number of pyridine rings is 2. The van der Waals surface area contributed by atoms with Crippen molar-refractivity contribution in [2.45, 2.75) is 77.3 Å². The highest BCUT2D eigenvalue weighted by Crippen LogP contribution is 2.19. The normalized spacial score (nSPS) is 15.5. The largest absolute Gasteiger partial charge is 1.00 e. The van der Waals surface area contributed by atoms with Crippen LogP contribution in [0.15, 0.2) is 97.6 Å². The summed E-state index contributed by atoms with van der Waals surface area (Å²) in [6, 6.07) is 27.6. The molecule has 4 heterocycles. The van der Waals surface area contributed by atoms with E-state index in [0.717, 1.165) is 25.9 Å². The minimum Gasteiger partial charge on any atom is -1.00 e. The standard InChI is InChI=1S/C38H48N4.2BrH/c1-2-6-24-41(23-5-1)37-19-27-39(28-20-37)31-35-15-11-33(12-16-35)9-10-34-13-17-36(18-14-34)32-40-29-21-38(22-30-40)42-25-7-3-4-8-26-42;;/h11-22,27-30H,1-10,23-26,31-32H2;2*1H/q+2;;/p-2. The maximum absolute atomic E-state index is 2.55. The Kier molecular flexibility index (Phi) is 13.7. The molecule has 2 aliphatic rings. The number of aromatic nitrogens is 2. The molecule has 0 unspecified atom stereocenters. The second kappa shape index (κ2) is 17.7. The Hall–Kier alpha value is -2.70. The van der Waals surface area contributed by atoms with Gasteiger partial charge in [0, 0.05) is 72.9 Å². The molecule has 2 aromatic carbocycles. The summed E-state index contributed by atoms with van der Waals surface area (Å²) in [5.74, 6) is 0. The molecule has 4 nitrogen and oxygen atoms in total. The highest BCUT2D eigenvalue weighted by Gasteiger charge is 2.13. The fraction of sp³-hybridized carbons (Fsp3) is 0.421. The summed E-state index contributed by atoms with van der Waals surface area (Å²) >= 11 is 0. The lowest BCUT2D eigenvalue weighted by Gasteiger charge is -2.21. The zero-order valence-electron chi connectivity index (χ0n) is 26.1. The van der Waals surface area contributed by atoms with Crippen molar-refractivity contribution < 1.29 is 43.1 Å². The van der Waals surface area contributed by atoms with E-state index < -0.39 is 0 Å². The van der Waals surface area contributed by atoms with Gasteiger partial charge in [-0.3, -0.25) is 0 Å². The highest BCUT2D eigenvalue weighted by atomic mass is 79.9. The van der Waals surface area contributed by atoms with Crippen molar-refractivity contribution in [2.24, 2.45) is 0 Å². The Bertz CT molecular complexity index is 1250. The van der Waals surface area contributed by atoms with E-state index >= 15 is 0 Å². The molecule has 0 bridgehead atoms. The zero-order chi connectivity index (χ0) is 28.4. The molecular weight excluding hydrogens is 672 g/mol. The smallest absolute Gasteiger partial charge is 0.173 e. The maximum atomic E-state index is 2.55. The first-order valence-corrected chi connectivity index (χ1v) is 16.4. The Labute approximate surface area is 286 Å². The number of aryl methyl sites for hydroxylation is 2. The van der Waals surface area contributed by atoms with Crippen molar-refractivity contribution in [2.75, 3.05) is 36.0 Å². The molecule has 0 atom stereocenters. The van der Waals surface area contributed by atoms with Crippen molar-refractivity contribution in [3.8, 4) is 0 Å². The van der Waals surface area contributed by atoms with Crippen LogP contribution in [0.4, 0.5) is 11.4 Å².